The number of ether oxygens (including phenoxy) is 1. The van der Waals surface area contributed by atoms with Gasteiger partial charge < -0.3 is 44.2 Å². The molecule has 1 rings (SSSR count). The van der Waals surface area contributed by atoms with Gasteiger partial charge in [0.15, 0.2) is 6.29 Å². The highest BCUT2D eigenvalue weighted by atomic mass is 31.2. The highest BCUT2D eigenvalue weighted by Gasteiger charge is 2.45. The number of carbonyl (C=O) groups is 1. The van der Waals surface area contributed by atoms with Crippen molar-refractivity contribution in [3.63, 3.8) is 0 Å². The summed E-state index contributed by atoms with van der Waals surface area (Å²) in [7, 11) is -5.45. The molecule has 1 aliphatic rings. The fourth-order valence-electron chi connectivity index (χ4n) is 1.69. The molecule has 0 aliphatic carbocycles. The van der Waals surface area contributed by atoms with Gasteiger partial charge in [-0.2, -0.15) is 0 Å². The Morgan fingerprint density at radius 3 is 2.42 bits per heavy atom. The third-order valence-corrected chi connectivity index (χ3v) is 2.95. The van der Waals surface area contributed by atoms with Gasteiger partial charge in [0.2, 0.25) is 5.91 Å². The first-order valence-electron chi connectivity index (χ1n) is 5.25. The third kappa shape index (κ3) is 4.48. The highest BCUT2D eigenvalue weighted by Crippen LogP contribution is 2.33. The summed E-state index contributed by atoms with van der Waals surface area (Å²) < 4.78 is 19.5. The zero-order valence-electron chi connectivity index (χ0n) is 9.83. The molecule has 3 unspecified atom stereocenters. The Morgan fingerprint density at radius 1 is 1.42 bits per heavy atom. The average molecular weight is 299 g/mol. The lowest BCUT2D eigenvalue weighted by molar-refractivity contribution is -0.362. The lowest BCUT2D eigenvalue weighted by Crippen LogP contribution is -2.64. The summed E-state index contributed by atoms with van der Waals surface area (Å²) >= 11 is 0. The molecule has 1 aliphatic heterocycles. The van der Waals surface area contributed by atoms with Crippen LogP contribution in [0, 0.1) is 0 Å². The van der Waals surface area contributed by atoms with Crippen molar-refractivity contribution in [3.8, 4) is 0 Å². The summed E-state index contributed by atoms with van der Waals surface area (Å²) in [4.78, 5) is 32.1. The molecule has 11 heteroatoms. The van der Waals surface area contributed by atoms with Gasteiger partial charge in [0.1, 0.15) is 24.4 Å². The van der Waals surface area contributed by atoms with Gasteiger partial charge in [-0.3, -0.25) is 4.79 Å². The number of nitrogens with one attached hydrogen (secondary N) is 1. The van der Waals surface area contributed by atoms with Crippen molar-refractivity contribution in [3.05, 3.63) is 0 Å². The van der Waals surface area contributed by atoms with E-state index in [-0.39, 0.29) is 0 Å². The molecular weight excluding hydrogens is 285 g/mol. The summed E-state index contributed by atoms with van der Waals surface area (Å²) in [6.45, 7) is 0.329. The van der Waals surface area contributed by atoms with Crippen LogP contribution in [0.5, 0.6) is 0 Å². The minimum absolute atomic E-state index is 0.664. The molecule has 10 nitrogen and oxygen atoms in total. The quantitative estimate of drug-likeness (QED) is 0.375. The third-order valence-electron chi connectivity index (χ3n) is 2.48. The maximum absolute atomic E-state index is 10.9. The van der Waals surface area contributed by atoms with Gasteiger partial charge in [0.25, 0.3) is 0 Å². The van der Waals surface area contributed by atoms with E-state index in [0.29, 0.717) is 0 Å². The molecule has 19 heavy (non-hydrogen) atoms. The van der Waals surface area contributed by atoms with E-state index in [0.717, 1.165) is 6.92 Å². The number of hydrogen-bond donors (Lipinski definition) is 4. The SMILES string of the molecule is CC(=O)NC1C(O)[C@H](O)C(CO)O[C@@H]1OP(=O)([O-])[O-]. The number of phosphoric acid groups is 1. The van der Waals surface area contributed by atoms with Gasteiger partial charge in [0, 0.05) is 6.92 Å². The summed E-state index contributed by atoms with van der Waals surface area (Å²) in [5.74, 6) is -0.664. The molecule has 0 radical (unpaired) electrons. The molecule has 0 bridgehead atoms. The van der Waals surface area contributed by atoms with Crippen LogP contribution in [0.4, 0.5) is 0 Å². The largest absolute Gasteiger partial charge is 0.790 e. The minimum atomic E-state index is -5.45. The molecule has 0 aromatic carbocycles. The Bertz CT molecular complexity index is 371. The topological polar surface area (TPSA) is 171 Å². The van der Waals surface area contributed by atoms with Gasteiger partial charge >= 0.3 is 0 Å². The monoisotopic (exact) mass is 299 g/mol. The van der Waals surface area contributed by atoms with Crippen LogP contribution in [0.15, 0.2) is 0 Å². The van der Waals surface area contributed by atoms with Crippen LogP contribution < -0.4 is 15.1 Å². The van der Waals surface area contributed by atoms with Crippen molar-refractivity contribution in [1.82, 2.24) is 5.32 Å². The predicted octanol–water partition coefficient (Wildman–Crippen LogP) is -4.22. The molecule has 1 heterocycles. The van der Waals surface area contributed by atoms with E-state index in [1.807, 2.05) is 0 Å². The van der Waals surface area contributed by atoms with E-state index < -0.39 is 51.0 Å². The van der Waals surface area contributed by atoms with E-state index >= 15 is 0 Å². The summed E-state index contributed by atoms with van der Waals surface area (Å²) in [6, 6.07) is -1.47. The zero-order chi connectivity index (χ0) is 14.8. The first kappa shape index (κ1) is 16.5. The van der Waals surface area contributed by atoms with Crippen molar-refractivity contribution in [1.29, 1.82) is 0 Å². The van der Waals surface area contributed by atoms with Crippen molar-refractivity contribution in [2.45, 2.75) is 37.6 Å². The first-order chi connectivity index (χ1) is 8.65. The molecular formula is C8H14NO9P-2. The van der Waals surface area contributed by atoms with Gasteiger partial charge in [-0.15, -0.1) is 0 Å². The first-order valence-corrected chi connectivity index (χ1v) is 6.72. The van der Waals surface area contributed by atoms with Crippen molar-refractivity contribution in [2.75, 3.05) is 6.61 Å². The molecule has 5 atom stereocenters. The summed E-state index contributed by atoms with van der Waals surface area (Å²) in [6.07, 6.45) is -6.44. The Hall–Kier alpha value is -0.580. The van der Waals surface area contributed by atoms with E-state index in [2.05, 4.69) is 9.84 Å². The Kier molecular flexibility index (Phi) is 5.42. The Balaban J connectivity index is 2.92. The Labute approximate surface area is 108 Å². The summed E-state index contributed by atoms with van der Waals surface area (Å²) in [5, 5.41) is 30.3. The second-order valence-corrected chi connectivity index (χ2v) is 5.09. The van der Waals surface area contributed by atoms with Crippen LogP contribution in [-0.4, -0.2) is 58.5 Å². The molecule has 0 saturated carbocycles. The van der Waals surface area contributed by atoms with Gasteiger partial charge in [-0.25, -0.2) is 0 Å². The average Bonchev–Trinajstić information content (AvgIpc) is 2.26. The maximum atomic E-state index is 10.9. The van der Waals surface area contributed by atoms with Crippen LogP contribution in [0.3, 0.4) is 0 Å². The number of hydrogen-bond acceptors (Lipinski definition) is 9. The number of amides is 1. The highest BCUT2D eigenvalue weighted by molar-refractivity contribution is 7.43. The lowest BCUT2D eigenvalue weighted by atomic mass is 9.97. The number of carbonyl (C=O) groups excluding carboxylic acids is 1. The molecule has 0 spiro atoms. The molecule has 1 saturated heterocycles. The second kappa shape index (κ2) is 6.25. The number of rotatable bonds is 4. The van der Waals surface area contributed by atoms with E-state index in [4.69, 9.17) is 9.84 Å². The van der Waals surface area contributed by atoms with Crippen LogP contribution in [0.25, 0.3) is 0 Å². The van der Waals surface area contributed by atoms with Gasteiger partial charge in [-0.1, -0.05) is 0 Å². The Morgan fingerprint density at radius 2 is 2.00 bits per heavy atom. The molecule has 0 aromatic heterocycles. The van der Waals surface area contributed by atoms with Crippen molar-refractivity contribution in [2.24, 2.45) is 0 Å². The van der Waals surface area contributed by atoms with E-state index in [1.165, 1.54) is 0 Å². The summed E-state index contributed by atoms with van der Waals surface area (Å²) in [5.41, 5.74) is 0. The predicted molar refractivity (Wildman–Crippen MR) is 54.1 cm³/mol. The normalized spacial score (nSPS) is 36.0. The molecule has 1 amide bonds. The van der Waals surface area contributed by atoms with E-state index in [9.17, 15) is 29.4 Å². The fraction of sp³-hybridized carbons (Fsp3) is 0.875. The molecule has 0 aromatic rings. The maximum Gasteiger partial charge on any atom is 0.217 e. The number of aliphatic hydroxyl groups excluding tert-OH is 3. The second-order valence-electron chi connectivity index (χ2n) is 3.99. The number of phosphoric ester groups is 1. The minimum Gasteiger partial charge on any atom is -0.790 e. The molecule has 1 fully saturated rings. The van der Waals surface area contributed by atoms with Crippen LogP contribution >= 0.6 is 7.82 Å². The van der Waals surface area contributed by atoms with Crippen LogP contribution in [-0.2, 0) is 18.6 Å². The molecule has 4 N–H and O–H groups in total. The van der Waals surface area contributed by atoms with Gasteiger partial charge in [0.05, 0.1) is 14.4 Å². The zero-order valence-corrected chi connectivity index (χ0v) is 10.7. The smallest absolute Gasteiger partial charge is 0.217 e. The number of aliphatic hydroxyl groups is 3. The van der Waals surface area contributed by atoms with E-state index in [1.54, 1.807) is 0 Å². The van der Waals surface area contributed by atoms with Crippen molar-refractivity contribution < 1.29 is 43.7 Å². The van der Waals surface area contributed by atoms with Crippen LogP contribution in [0.1, 0.15) is 6.92 Å². The van der Waals surface area contributed by atoms with Crippen LogP contribution in [0.2, 0.25) is 0 Å². The lowest BCUT2D eigenvalue weighted by Gasteiger charge is -2.45. The standard InChI is InChI=1S/C8H16NO9P/c1-3(11)9-5-7(13)6(12)4(2-10)17-8(5)18-19(14,15)16/h4-8,10,12-13H,2H2,1H3,(H,9,11)(H2,14,15,16)/p-2/t4?,5?,6-,7?,8-/m1/s1. The molecule has 112 valence electrons. The van der Waals surface area contributed by atoms with Gasteiger partial charge in [-0.05, 0) is 0 Å². The fourth-order valence-corrected chi connectivity index (χ4v) is 2.12. The van der Waals surface area contributed by atoms with Crippen molar-refractivity contribution >= 4 is 13.7 Å².